The van der Waals surface area contributed by atoms with Gasteiger partial charge in [0.2, 0.25) is 0 Å². The van der Waals surface area contributed by atoms with E-state index in [9.17, 15) is 4.79 Å². The molecule has 0 aromatic heterocycles. The smallest absolute Gasteiger partial charge is 0.263 e. The summed E-state index contributed by atoms with van der Waals surface area (Å²) in [4.78, 5) is 12.6. The van der Waals surface area contributed by atoms with E-state index in [0.29, 0.717) is 5.39 Å². The lowest BCUT2D eigenvalue weighted by Gasteiger charge is -2.23. The summed E-state index contributed by atoms with van der Waals surface area (Å²) in [5, 5.41) is 1.39. The highest BCUT2D eigenvalue weighted by Gasteiger charge is 2.20. The average molecular weight is 281 g/mol. The quantitative estimate of drug-likeness (QED) is 0.840. The Hall–Kier alpha value is -2.03. The molecule has 1 amide bonds. The molecule has 1 atom stereocenters. The summed E-state index contributed by atoms with van der Waals surface area (Å²) in [6, 6.07) is 12.0. The van der Waals surface area contributed by atoms with Crippen molar-refractivity contribution in [2.75, 3.05) is 13.0 Å². The van der Waals surface area contributed by atoms with Crippen LogP contribution in [-0.2, 0) is 4.79 Å². The number of carbonyl (C=O) groups excluding carboxylic acids is 1. The summed E-state index contributed by atoms with van der Waals surface area (Å²) >= 11 is 0. The molecule has 2 rings (SSSR count). The van der Waals surface area contributed by atoms with Crippen LogP contribution >= 0.6 is 0 Å². The molecule has 0 radical (unpaired) electrons. The first-order valence-corrected chi connectivity index (χ1v) is 6.00. The lowest BCUT2D eigenvalue weighted by molar-refractivity contribution is -0.137. The SMILES string of the molecule is [2H]C([2H])([2H])C([2H])([2H])N(C(=O)C(C)Oc1cccc2ccccc12)C([2H])([2H])C([2H])([2H])[2H]. The Bertz CT molecular complexity index is 891. The third-order valence-corrected chi connectivity index (χ3v) is 2.85. The normalized spacial score (nSPS) is 22.2. The first-order chi connectivity index (χ1) is 13.5. The van der Waals surface area contributed by atoms with E-state index in [1.54, 1.807) is 36.4 Å². The van der Waals surface area contributed by atoms with Crippen LogP contribution in [0.25, 0.3) is 10.8 Å². The molecule has 2 aromatic carbocycles. The Kier molecular flexibility index (Phi) is 1.98. The van der Waals surface area contributed by atoms with Crippen molar-refractivity contribution in [3.63, 3.8) is 0 Å². The van der Waals surface area contributed by atoms with Gasteiger partial charge < -0.3 is 9.64 Å². The molecule has 0 aliphatic heterocycles. The standard InChI is InChI=1S/C17H21NO2/c1-4-18(5-2)17(19)13(3)20-16-12-8-10-14-9-6-7-11-15(14)16/h6-13H,4-5H2,1-3H3/i1D3,2D3,4D2,5D2. The second-order valence-corrected chi connectivity index (χ2v) is 4.13. The fourth-order valence-electron chi connectivity index (χ4n) is 1.86. The molecule has 0 aliphatic carbocycles. The van der Waals surface area contributed by atoms with Gasteiger partial charge in [0.05, 0.1) is 0 Å². The van der Waals surface area contributed by atoms with Crippen molar-refractivity contribution in [2.45, 2.75) is 26.7 Å². The van der Waals surface area contributed by atoms with Gasteiger partial charge in [0.15, 0.2) is 6.10 Å². The molecule has 3 nitrogen and oxygen atoms in total. The Balaban J connectivity index is 2.49. The van der Waals surface area contributed by atoms with Gasteiger partial charge in [0.25, 0.3) is 5.91 Å². The van der Waals surface area contributed by atoms with Gasteiger partial charge in [0, 0.05) is 32.1 Å². The van der Waals surface area contributed by atoms with Crippen molar-refractivity contribution in [3.8, 4) is 5.75 Å². The first-order valence-electron chi connectivity index (χ1n) is 11.0. The highest BCUT2D eigenvalue weighted by atomic mass is 16.5. The van der Waals surface area contributed by atoms with E-state index in [4.69, 9.17) is 18.4 Å². The van der Waals surface area contributed by atoms with Crippen LogP contribution < -0.4 is 4.74 Å². The Morgan fingerprint density at radius 3 is 2.70 bits per heavy atom. The summed E-state index contributed by atoms with van der Waals surface area (Å²) < 4.78 is 81.4. The minimum Gasteiger partial charge on any atom is -0.480 e. The zero-order chi connectivity index (χ0) is 23.1. The monoisotopic (exact) mass is 281 g/mol. The summed E-state index contributed by atoms with van der Waals surface area (Å²) in [5.41, 5.74) is 0. The van der Waals surface area contributed by atoms with Crippen molar-refractivity contribution >= 4 is 16.7 Å². The Morgan fingerprint density at radius 1 is 1.25 bits per heavy atom. The van der Waals surface area contributed by atoms with E-state index >= 15 is 0 Å². The molecule has 3 heteroatoms. The highest BCUT2D eigenvalue weighted by Crippen LogP contribution is 2.26. The molecule has 2 aromatic rings. The first kappa shape index (κ1) is 6.17. The number of amides is 1. The van der Waals surface area contributed by atoms with Crippen LogP contribution in [0.2, 0.25) is 0 Å². The number of nitrogens with zero attached hydrogens (tertiary/aromatic N) is 1. The van der Waals surface area contributed by atoms with Crippen LogP contribution in [-0.4, -0.2) is 29.9 Å². The average Bonchev–Trinajstić information content (AvgIpc) is 2.59. The van der Waals surface area contributed by atoms with Gasteiger partial charge in [-0.3, -0.25) is 4.79 Å². The Morgan fingerprint density at radius 2 is 1.95 bits per heavy atom. The van der Waals surface area contributed by atoms with Gasteiger partial charge in [-0.15, -0.1) is 0 Å². The number of hydrogen-bond donors (Lipinski definition) is 0. The molecule has 106 valence electrons. The van der Waals surface area contributed by atoms with Crippen molar-refractivity contribution in [1.29, 1.82) is 0 Å². The number of benzene rings is 2. The number of likely N-dealkylation sites (N-methyl/N-ethyl adjacent to an activating group) is 1. The molecule has 0 saturated heterocycles. The molecule has 0 fully saturated rings. The van der Waals surface area contributed by atoms with Crippen molar-refractivity contribution < 1.29 is 23.2 Å². The van der Waals surface area contributed by atoms with Gasteiger partial charge in [-0.05, 0) is 32.1 Å². The zero-order valence-electron chi connectivity index (χ0n) is 20.9. The second-order valence-electron chi connectivity index (χ2n) is 4.13. The molecule has 0 heterocycles. The summed E-state index contributed by atoms with van der Waals surface area (Å²) in [5.74, 6) is -1.23. The number of rotatable bonds is 5. The van der Waals surface area contributed by atoms with Gasteiger partial charge >= 0.3 is 0 Å². The second kappa shape index (κ2) is 6.42. The predicted molar refractivity (Wildman–Crippen MR) is 82.0 cm³/mol. The van der Waals surface area contributed by atoms with E-state index in [1.807, 2.05) is 0 Å². The summed E-state index contributed by atoms with van der Waals surface area (Å²) in [6.45, 7) is -13.1. The third kappa shape index (κ3) is 2.93. The predicted octanol–water partition coefficient (Wildman–Crippen LogP) is 3.48. The lowest BCUT2D eigenvalue weighted by atomic mass is 10.1. The van der Waals surface area contributed by atoms with Crippen molar-refractivity contribution in [1.82, 2.24) is 4.90 Å². The van der Waals surface area contributed by atoms with E-state index in [2.05, 4.69) is 0 Å². The molecular formula is C17H21NO2. The highest BCUT2D eigenvalue weighted by molar-refractivity contribution is 5.89. The van der Waals surface area contributed by atoms with Crippen LogP contribution in [0.3, 0.4) is 0 Å². The number of carbonyl (C=O) groups is 1. The van der Waals surface area contributed by atoms with E-state index in [1.165, 1.54) is 13.0 Å². The molecule has 1 unspecified atom stereocenters. The van der Waals surface area contributed by atoms with Gasteiger partial charge in [-0.2, -0.15) is 0 Å². The third-order valence-electron chi connectivity index (χ3n) is 2.85. The molecular weight excluding hydrogens is 250 g/mol. The van der Waals surface area contributed by atoms with Crippen molar-refractivity contribution in [2.24, 2.45) is 0 Å². The molecule has 0 aliphatic rings. The van der Waals surface area contributed by atoms with E-state index in [-0.39, 0.29) is 10.6 Å². The minimum absolute atomic E-state index is 0.220. The van der Waals surface area contributed by atoms with Gasteiger partial charge in [-0.1, -0.05) is 36.4 Å². The van der Waals surface area contributed by atoms with Crippen molar-refractivity contribution in [3.05, 3.63) is 42.5 Å². The molecule has 0 spiro atoms. The maximum absolute atomic E-state index is 13.0. The van der Waals surface area contributed by atoms with Crippen LogP contribution in [0.5, 0.6) is 5.75 Å². The molecule has 0 bridgehead atoms. The zero-order valence-corrected chi connectivity index (χ0v) is 10.9. The maximum atomic E-state index is 13.0. The molecule has 0 saturated carbocycles. The topological polar surface area (TPSA) is 29.5 Å². The minimum atomic E-state index is -3.61. The number of hydrogen-bond acceptors (Lipinski definition) is 2. The summed E-state index contributed by atoms with van der Waals surface area (Å²) in [7, 11) is 0. The number of fused-ring (bicyclic) bond motifs is 1. The lowest BCUT2D eigenvalue weighted by Crippen LogP contribution is -2.40. The summed E-state index contributed by atoms with van der Waals surface area (Å²) in [6.07, 6.45) is -1.58. The Labute approximate surface area is 134 Å². The van der Waals surface area contributed by atoms with E-state index in [0.717, 1.165) is 5.39 Å². The molecule has 20 heavy (non-hydrogen) atoms. The number of ether oxygens (including phenoxy) is 1. The fraction of sp³-hybridized carbons (Fsp3) is 0.353. The largest absolute Gasteiger partial charge is 0.480 e. The van der Waals surface area contributed by atoms with E-state index < -0.39 is 38.7 Å². The van der Waals surface area contributed by atoms with Gasteiger partial charge in [0.1, 0.15) is 5.75 Å². The van der Waals surface area contributed by atoms with Crippen LogP contribution in [0, 0.1) is 0 Å². The van der Waals surface area contributed by atoms with Gasteiger partial charge in [-0.25, -0.2) is 0 Å². The fourth-order valence-corrected chi connectivity index (χ4v) is 1.86. The maximum Gasteiger partial charge on any atom is 0.263 e. The molecule has 0 N–H and O–H groups in total. The van der Waals surface area contributed by atoms with Crippen LogP contribution in [0.4, 0.5) is 0 Å². The van der Waals surface area contributed by atoms with Crippen LogP contribution in [0.1, 0.15) is 34.3 Å². The van der Waals surface area contributed by atoms with Crippen LogP contribution in [0.15, 0.2) is 42.5 Å².